The molecule has 0 bridgehead atoms. The lowest BCUT2D eigenvalue weighted by atomic mass is 9.99. The minimum atomic E-state index is 0.0798. The molecule has 3 nitrogen and oxygen atoms in total. The van der Waals surface area contributed by atoms with Gasteiger partial charge in [0.2, 0.25) is 5.91 Å². The van der Waals surface area contributed by atoms with E-state index in [4.69, 9.17) is 4.74 Å². The van der Waals surface area contributed by atoms with Gasteiger partial charge in [-0.2, -0.15) is 0 Å². The van der Waals surface area contributed by atoms with Crippen molar-refractivity contribution in [3.63, 3.8) is 0 Å². The van der Waals surface area contributed by atoms with E-state index in [0.717, 1.165) is 28.6 Å². The number of benzene rings is 1. The first-order valence-corrected chi connectivity index (χ1v) is 6.61. The van der Waals surface area contributed by atoms with Crippen LogP contribution in [0.3, 0.4) is 0 Å². The van der Waals surface area contributed by atoms with Crippen LogP contribution >= 0.6 is 15.9 Å². The smallest absolute Gasteiger partial charge is 0.227 e. The molecule has 1 aromatic rings. The summed E-state index contributed by atoms with van der Waals surface area (Å²) in [5.74, 6) is 0.177. The summed E-state index contributed by atoms with van der Waals surface area (Å²) in [6.07, 6.45) is 1.63. The quantitative estimate of drug-likeness (QED) is 0.911. The van der Waals surface area contributed by atoms with E-state index in [-0.39, 0.29) is 11.8 Å². The molecule has 0 saturated carbocycles. The number of nitrogens with one attached hydrogen (secondary N) is 1. The van der Waals surface area contributed by atoms with Crippen LogP contribution in [0.25, 0.3) is 0 Å². The van der Waals surface area contributed by atoms with Gasteiger partial charge in [0.25, 0.3) is 0 Å². The molecule has 0 spiro atoms. The fourth-order valence-electron chi connectivity index (χ4n) is 1.94. The predicted octanol–water partition coefficient (Wildman–Crippen LogP) is 3.12. The van der Waals surface area contributed by atoms with Gasteiger partial charge in [0.05, 0.1) is 5.69 Å². The number of halogens is 1. The van der Waals surface area contributed by atoms with Gasteiger partial charge >= 0.3 is 0 Å². The van der Waals surface area contributed by atoms with Crippen LogP contribution in [-0.2, 0) is 9.53 Å². The fourth-order valence-corrected chi connectivity index (χ4v) is 2.30. The molecule has 0 atom stereocenters. The van der Waals surface area contributed by atoms with Gasteiger partial charge in [0.15, 0.2) is 0 Å². The Morgan fingerprint density at radius 1 is 1.41 bits per heavy atom. The van der Waals surface area contributed by atoms with Crippen molar-refractivity contribution in [2.24, 2.45) is 5.92 Å². The molecular weight excluding hydrogens is 282 g/mol. The number of hydrogen-bond acceptors (Lipinski definition) is 2. The van der Waals surface area contributed by atoms with Crippen LogP contribution in [0.1, 0.15) is 18.4 Å². The van der Waals surface area contributed by atoms with E-state index in [1.807, 2.05) is 25.1 Å². The zero-order valence-corrected chi connectivity index (χ0v) is 11.4. The summed E-state index contributed by atoms with van der Waals surface area (Å²) in [5, 5.41) is 2.98. The molecule has 0 unspecified atom stereocenters. The third kappa shape index (κ3) is 3.07. The van der Waals surface area contributed by atoms with E-state index in [0.29, 0.717) is 13.2 Å². The lowest BCUT2D eigenvalue weighted by molar-refractivity contribution is -0.122. The summed E-state index contributed by atoms with van der Waals surface area (Å²) in [7, 11) is 0. The van der Waals surface area contributed by atoms with Crippen LogP contribution in [0.2, 0.25) is 0 Å². The Bertz CT molecular complexity index is 414. The molecule has 0 radical (unpaired) electrons. The monoisotopic (exact) mass is 297 g/mol. The maximum absolute atomic E-state index is 12.0. The van der Waals surface area contributed by atoms with Crippen molar-refractivity contribution in [3.8, 4) is 0 Å². The molecular formula is C13H16BrNO2. The van der Waals surface area contributed by atoms with Gasteiger partial charge in [-0.25, -0.2) is 0 Å². The Morgan fingerprint density at radius 3 is 2.82 bits per heavy atom. The second kappa shape index (κ2) is 5.65. The van der Waals surface area contributed by atoms with Crippen molar-refractivity contribution < 1.29 is 9.53 Å². The molecule has 2 rings (SSSR count). The van der Waals surface area contributed by atoms with Crippen molar-refractivity contribution in [1.82, 2.24) is 0 Å². The second-order valence-corrected chi connectivity index (χ2v) is 5.11. The first-order valence-electron chi connectivity index (χ1n) is 5.82. The molecule has 1 aliphatic heterocycles. The number of anilines is 1. The predicted molar refractivity (Wildman–Crippen MR) is 71.1 cm³/mol. The molecule has 1 fully saturated rings. The average molecular weight is 298 g/mol. The van der Waals surface area contributed by atoms with Crippen LogP contribution in [0.5, 0.6) is 0 Å². The van der Waals surface area contributed by atoms with Crippen molar-refractivity contribution in [2.75, 3.05) is 18.5 Å². The van der Waals surface area contributed by atoms with Gasteiger partial charge < -0.3 is 10.1 Å². The van der Waals surface area contributed by atoms with Gasteiger partial charge in [-0.05, 0) is 47.3 Å². The maximum atomic E-state index is 12.0. The molecule has 17 heavy (non-hydrogen) atoms. The SMILES string of the molecule is Cc1cccc(NC(=O)C2CCOCC2)c1Br. The Labute approximate surface area is 110 Å². The van der Waals surface area contributed by atoms with Crippen molar-refractivity contribution >= 4 is 27.5 Å². The zero-order chi connectivity index (χ0) is 12.3. The highest BCUT2D eigenvalue weighted by molar-refractivity contribution is 9.10. The number of amides is 1. The second-order valence-electron chi connectivity index (χ2n) is 4.31. The van der Waals surface area contributed by atoms with E-state index in [1.165, 1.54) is 0 Å². The highest BCUT2D eigenvalue weighted by Crippen LogP contribution is 2.27. The number of hydrogen-bond donors (Lipinski definition) is 1. The van der Waals surface area contributed by atoms with Crippen LogP contribution in [-0.4, -0.2) is 19.1 Å². The van der Waals surface area contributed by atoms with Gasteiger partial charge in [-0.1, -0.05) is 12.1 Å². The van der Waals surface area contributed by atoms with Gasteiger partial charge in [0.1, 0.15) is 0 Å². The minimum Gasteiger partial charge on any atom is -0.381 e. The van der Waals surface area contributed by atoms with Crippen molar-refractivity contribution in [2.45, 2.75) is 19.8 Å². The Kier molecular flexibility index (Phi) is 4.18. The molecule has 1 saturated heterocycles. The van der Waals surface area contributed by atoms with E-state index in [1.54, 1.807) is 0 Å². The van der Waals surface area contributed by atoms with E-state index >= 15 is 0 Å². The topological polar surface area (TPSA) is 38.3 Å². The summed E-state index contributed by atoms with van der Waals surface area (Å²) >= 11 is 3.49. The van der Waals surface area contributed by atoms with E-state index in [9.17, 15) is 4.79 Å². The summed E-state index contributed by atoms with van der Waals surface area (Å²) in [6.45, 7) is 3.38. The highest BCUT2D eigenvalue weighted by atomic mass is 79.9. The summed E-state index contributed by atoms with van der Waals surface area (Å²) < 4.78 is 6.21. The normalized spacial score (nSPS) is 16.8. The average Bonchev–Trinajstić information content (AvgIpc) is 2.36. The van der Waals surface area contributed by atoms with Crippen LogP contribution in [0.15, 0.2) is 22.7 Å². The minimum absolute atomic E-state index is 0.0798. The van der Waals surface area contributed by atoms with Crippen LogP contribution < -0.4 is 5.32 Å². The van der Waals surface area contributed by atoms with Crippen LogP contribution in [0.4, 0.5) is 5.69 Å². The maximum Gasteiger partial charge on any atom is 0.227 e. The van der Waals surface area contributed by atoms with E-state index in [2.05, 4.69) is 21.2 Å². The molecule has 1 heterocycles. The largest absolute Gasteiger partial charge is 0.381 e. The molecule has 1 aliphatic rings. The Morgan fingerprint density at radius 2 is 2.12 bits per heavy atom. The standard InChI is InChI=1S/C13H16BrNO2/c1-9-3-2-4-11(12(9)14)15-13(16)10-5-7-17-8-6-10/h2-4,10H,5-8H2,1H3,(H,15,16). The number of carbonyl (C=O) groups is 1. The molecule has 4 heteroatoms. The molecule has 92 valence electrons. The van der Waals surface area contributed by atoms with Gasteiger partial charge in [-0.15, -0.1) is 0 Å². The molecule has 0 aromatic heterocycles. The highest BCUT2D eigenvalue weighted by Gasteiger charge is 2.22. The first-order chi connectivity index (χ1) is 8.18. The first kappa shape index (κ1) is 12.6. The summed E-state index contributed by atoms with van der Waals surface area (Å²) in [4.78, 5) is 12.0. The fraction of sp³-hybridized carbons (Fsp3) is 0.462. The summed E-state index contributed by atoms with van der Waals surface area (Å²) in [5.41, 5.74) is 1.97. The summed E-state index contributed by atoms with van der Waals surface area (Å²) in [6, 6.07) is 5.86. The Hall–Kier alpha value is -0.870. The molecule has 1 aromatic carbocycles. The van der Waals surface area contributed by atoms with Crippen LogP contribution in [0, 0.1) is 12.8 Å². The van der Waals surface area contributed by atoms with Crippen molar-refractivity contribution in [1.29, 1.82) is 0 Å². The number of ether oxygens (including phenoxy) is 1. The third-order valence-corrected chi connectivity index (χ3v) is 4.09. The number of rotatable bonds is 2. The lowest BCUT2D eigenvalue weighted by Crippen LogP contribution is -2.28. The van der Waals surface area contributed by atoms with Crippen molar-refractivity contribution in [3.05, 3.63) is 28.2 Å². The molecule has 1 N–H and O–H groups in total. The number of aryl methyl sites for hydroxylation is 1. The molecule has 1 amide bonds. The number of carbonyl (C=O) groups excluding carboxylic acids is 1. The van der Waals surface area contributed by atoms with Gasteiger partial charge in [0, 0.05) is 23.6 Å². The Balaban J connectivity index is 2.04. The lowest BCUT2D eigenvalue weighted by Gasteiger charge is -2.21. The zero-order valence-electron chi connectivity index (χ0n) is 9.83. The third-order valence-electron chi connectivity index (χ3n) is 3.04. The molecule has 0 aliphatic carbocycles. The van der Waals surface area contributed by atoms with Gasteiger partial charge in [-0.3, -0.25) is 4.79 Å². The van der Waals surface area contributed by atoms with E-state index < -0.39 is 0 Å².